The normalized spacial score (nSPS) is 15.0. The van der Waals surface area contributed by atoms with Crippen LogP contribution in [0.4, 0.5) is 0 Å². The van der Waals surface area contributed by atoms with E-state index in [-0.39, 0.29) is 6.10 Å². The molecule has 0 saturated carbocycles. The van der Waals surface area contributed by atoms with Crippen LogP contribution in [0.5, 0.6) is 5.75 Å². The van der Waals surface area contributed by atoms with Gasteiger partial charge in [0.25, 0.3) is 0 Å². The average molecular weight is 411 g/mol. The Morgan fingerprint density at radius 1 is 1.00 bits per heavy atom. The standard InChI is InChI=1S/C23H21N7O/c1-2-14-9-20(28-23(14)26-5-1)22-18-10-19(27-13-21(18)29-30-22)15-8-17(12-25-11-15)31-16-3-6-24-7-4-16/h1-2,5,8-13,16,24H,3-4,6-7H2,(H,26,28)(H,29,30). The molecule has 0 atom stereocenters. The zero-order valence-electron chi connectivity index (χ0n) is 16.8. The van der Waals surface area contributed by atoms with Gasteiger partial charge in [-0.25, -0.2) is 4.98 Å². The third-order valence-corrected chi connectivity index (χ3v) is 5.69. The largest absolute Gasteiger partial charge is 0.489 e. The van der Waals surface area contributed by atoms with Crippen LogP contribution < -0.4 is 10.1 Å². The average Bonchev–Trinajstić information content (AvgIpc) is 3.43. The lowest BCUT2D eigenvalue weighted by Gasteiger charge is -2.23. The Labute approximate surface area is 178 Å². The number of nitrogens with zero attached hydrogens (tertiary/aromatic N) is 4. The molecule has 1 aliphatic heterocycles. The van der Waals surface area contributed by atoms with Gasteiger partial charge >= 0.3 is 0 Å². The van der Waals surface area contributed by atoms with E-state index in [9.17, 15) is 0 Å². The number of pyridine rings is 3. The van der Waals surface area contributed by atoms with Gasteiger partial charge in [0.05, 0.1) is 29.3 Å². The number of rotatable bonds is 4. The molecule has 0 spiro atoms. The molecular formula is C23H21N7O. The number of fused-ring (bicyclic) bond motifs is 2. The molecule has 154 valence electrons. The number of nitrogens with one attached hydrogen (secondary N) is 3. The third-order valence-electron chi connectivity index (χ3n) is 5.69. The minimum atomic E-state index is 0.227. The first-order valence-corrected chi connectivity index (χ1v) is 10.4. The zero-order valence-corrected chi connectivity index (χ0v) is 16.8. The summed E-state index contributed by atoms with van der Waals surface area (Å²) in [7, 11) is 0. The fourth-order valence-corrected chi connectivity index (χ4v) is 4.09. The van der Waals surface area contributed by atoms with Gasteiger partial charge in [0.2, 0.25) is 0 Å². The summed E-state index contributed by atoms with van der Waals surface area (Å²) in [5, 5.41) is 13.0. The van der Waals surface area contributed by atoms with E-state index in [0.29, 0.717) is 0 Å². The summed E-state index contributed by atoms with van der Waals surface area (Å²) >= 11 is 0. The molecule has 1 aliphatic rings. The van der Waals surface area contributed by atoms with Crippen molar-refractivity contribution in [3.05, 3.63) is 55.1 Å². The highest BCUT2D eigenvalue weighted by molar-refractivity contribution is 5.96. The van der Waals surface area contributed by atoms with Crippen molar-refractivity contribution >= 4 is 21.9 Å². The number of hydrogen-bond donors (Lipinski definition) is 3. The molecule has 0 aromatic carbocycles. The van der Waals surface area contributed by atoms with E-state index in [0.717, 1.165) is 76.3 Å². The van der Waals surface area contributed by atoms with Crippen LogP contribution in [0.25, 0.3) is 44.6 Å². The molecule has 6 heterocycles. The van der Waals surface area contributed by atoms with Gasteiger partial charge in [0, 0.05) is 28.7 Å². The highest BCUT2D eigenvalue weighted by Gasteiger charge is 2.16. The minimum Gasteiger partial charge on any atom is -0.489 e. The topological polar surface area (TPSA) is 104 Å². The molecule has 6 rings (SSSR count). The second-order valence-electron chi connectivity index (χ2n) is 7.79. The van der Waals surface area contributed by atoms with Crippen molar-refractivity contribution in [1.82, 2.24) is 35.5 Å². The van der Waals surface area contributed by atoms with Crippen molar-refractivity contribution < 1.29 is 4.74 Å². The quantitative estimate of drug-likeness (QED) is 0.417. The maximum Gasteiger partial charge on any atom is 0.138 e. The summed E-state index contributed by atoms with van der Waals surface area (Å²) in [5.41, 5.74) is 5.21. The van der Waals surface area contributed by atoms with Gasteiger partial charge in [-0.2, -0.15) is 5.10 Å². The monoisotopic (exact) mass is 411 g/mol. The molecule has 8 nitrogen and oxygen atoms in total. The summed E-state index contributed by atoms with van der Waals surface area (Å²) in [5.74, 6) is 0.778. The molecule has 0 amide bonds. The summed E-state index contributed by atoms with van der Waals surface area (Å²) in [4.78, 5) is 16.7. The number of H-pyrrole nitrogens is 2. The predicted molar refractivity (Wildman–Crippen MR) is 119 cm³/mol. The highest BCUT2D eigenvalue weighted by Crippen LogP contribution is 2.31. The lowest BCUT2D eigenvalue weighted by Crippen LogP contribution is -2.34. The van der Waals surface area contributed by atoms with E-state index in [4.69, 9.17) is 4.74 Å². The maximum atomic E-state index is 6.16. The second-order valence-corrected chi connectivity index (χ2v) is 7.79. The van der Waals surface area contributed by atoms with Crippen LogP contribution in [0.1, 0.15) is 12.8 Å². The van der Waals surface area contributed by atoms with Crippen molar-refractivity contribution in [2.75, 3.05) is 13.1 Å². The molecule has 1 fully saturated rings. The molecule has 0 radical (unpaired) electrons. The van der Waals surface area contributed by atoms with E-state index in [1.54, 1.807) is 12.4 Å². The van der Waals surface area contributed by atoms with E-state index in [2.05, 4.69) is 41.5 Å². The fraction of sp³-hybridized carbons (Fsp3) is 0.217. The Hall–Kier alpha value is -3.78. The van der Waals surface area contributed by atoms with Gasteiger partial charge in [-0.1, -0.05) is 0 Å². The Bertz CT molecular complexity index is 1330. The van der Waals surface area contributed by atoms with Crippen molar-refractivity contribution in [3.8, 4) is 28.4 Å². The van der Waals surface area contributed by atoms with E-state index in [1.807, 2.05) is 36.7 Å². The van der Waals surface area contributed by atoms with E-state index in [1.165, 1.54) is 0 Å². The molecule has 0 unspecified atom stereocenters. The molecular weight excluding hydrogens is 390 g/mol. The van der Waals surface area contributed by atoms with Crippen molar-refractivity contribution in [1.29, 1.82) is 0 Å². The molecule has 1 saturated heterocycles. The molecule has 5 aromatic heterocycles. The van der Waals surface area contributed by atoms with Gasteiger partial charge in [-0.15, -0.1) is 0 Å². The van der Waals surface area contributed by atoms with Crippen molar-refractivity contribution in [2.45, 2.75) is 18.9 Å². The Morgan fingerprint density at radius 2 is 1.94 bits per heavy atom. The molecule has 3 N–H and O–H groups in total. The number of hydrogen-bond acceptors (Lipinski definition) is 6. The van der Waals surface area contributed by atoms with Gasteiger partial charge < -0.3 is 15.0 Å². The van der Waals surface area contributed by atoms with Crippen LogP contribution >= 0.6 is 0 Å². The maximum absolute atomic E-state index is 6.16. The first-order valence-electron chi connectivity index (χ1n) is 10.4. The Morgan fingerprint density at radius 3 is 2.84 bits per heavy atom. The summed E-state index contributed by atoms with van der Waals surface area (Å²) in [6.07, 6.45) is 9.41. The Balaban J connectivity index is 1.36. The summed E-state index contributed by atoms with van der Waals surface area (Å²) in [6, 6.07) is 10.1. The SMILES string of the molecule is c1cnc2[nH]c(-c3n[nH]c4cnc(-c5cncc(OC6CCNCC6)c5)cc34)cc2c1. The van der Waals surface area contributed by atoms with Crippen LogP contribution in [-0.4, -0.2) is 49.3 Å². The molecule has 5 aromatic rings. The fourth-order valence-electron chi connectivity index (χ4n) is 4.09. The van der Waals surface area contributed by atoms with Gasteiger partial charge in [0.1, 0.15) is 23.2 Å². The second kappa shape index (κ2) is 7.48. The molecule has 31 heavy (non-hydrogen) atoms. The van der Waals surface area contributed by atoms with Crippen LogP contribution in [0, 0.1) is 0 Å². The van der Waals surface area contributed by atoms with Gasteiger partial charge in [0.15, 0.2) is 0 Å². The summed E-state index contributed by atoms with van der Waals surface area (Å²) in [6.45, 7) is 1.98. The van der Waals surface area contributed by atoms with Crippen LogP contribution in [-0.2, 0) is 0 Å². The summed E-state index contributed by atoms with van der Waals surface area (Å²) < 4.78 is 6.16. The molecule has 0 aliphatic carbocycles. The lowest BCUT2D eigenvalue weighted by atomic mass is 10.1. The van der Waals surface area contributed by atoms with Gasteiger partial charge in [-0.05, 0) is 56.3 Å². The molecule has 0 bridgehead atoms. The van der Waals surface area contributed by atoms with Crippen molar-refractivity contribution in [3.63, 3.8) is 0 Å². The highest BCUT2D eigenvalue weighted by atomic mass is 16.5. The lowest BCUT2D eigenvalue weighted by molar-refractivity contribution is 0.162. The number of piperidine rings is 1. The van der Waals surface area contributed by atoms with E-state index < -0.39 is 0 Å². The van der Waals surface area contributed by atoms with Crippen LogP contribution in [0.15, 0.2) is 55.1 Å². The zero-order chi connectivity index (χ0) is 20.6. The predicted octanol–water partition coefficient (Wildman–Crippen LogP) is 3.69. The van der Waals surface area contributed by atoms with Crippen LogP contribution in [0.3, 0.4) is 0 Å². The van der Waals surface area contributed by atoms with Crippen LogP contribution in [0.2, 0.25) is 0 Å². The number of aromatic nitrogens is 6. The minimum absolute atomic E-state index is 0.227. The van der Waals surface area contributed by atoms with Gasteiger partial charge in [-0.3, -0.25) is 15.1 Å². The molecule has 8 heteroatoms. The van der Waals surface area contributed by atoms with Crippen molar-refractivity contribution in [2.24, 2.45) is 0 Å². The Kier molecular flexibility index (Phi) is 4.35. The van der Waals surface area contributed by atoms with E-state index >= 15 is 0 Å². The number of aromatic amines is 2. The first-order chi connectivity index (χ1) is 15.3. The first kappa shape index (κ1) is 18.0. The smallest absolute Gasteiger partial charge is 0.138 e. The number of ether oxygens (including phenoxy) is 1. The third kappa shape index (κ3) is 3.40.